The number of likely N-dealkylation sites (tertiary alicyclic amines) is 1. The Bertz CT molecular complexity index is 587. The minimum Gasteiger partial charge on any atom is -0.300 e. The average molecular weight is 285 g/mol. The van der Waals surface area contributed by atoms with Crippen LogP contribution in [0.3, 0.4) is 0 Å². The molecule has 0 bridgehead atoms. The van der Waals surface area contributed by atoms with E-state index in [1.807, 2.05) is 30.2 Å². The Morgan fingerprint density at radius 2 is 2.10 bits per heavy atom. The normalized spacial score (nSPS) is 20.1. The van der Waals surface area contributed by atoms with Gasteiger partial charge in [-0.05, 0) is 39.3 Å². The molecule has 1 atom stereocenters. The van der Waals surface area contributed by atoms with Gasteiger partial charge in [0.25, 0.3) is 0 Å². The van der Waals surface area contributed by atoms with Crippen LogP contribution in [0, 0.1) is 0 Å². The summed E-state index contributed by atoms with van der Waals surface area (Å²) in [5.41, 5.74) is 3.00. The summed E-state index contributed by atoms with van der Waals surface area (Å²) in [5, 5.41) is 4.18. The molecular weight excluding hydrogens is 262 g/mol. The standard InChI is InChI=1S/C16H23N5/c1-12(2)21-8-4-5-13(11-21)14-9-18-15(10-17-14)16-6-7-19-20(16)3/h6-7,9-10,12-13H,4-5,8,11H2,1-3H3. The Balaban J connectivity index is 1.76. The number of rotatable bonds is 3. The number of aryl methyl sites for hydroxylation is 1. The Kier molecular flexibility index (Phi) is 4.01. The zero-order chi connectivity index (χ0) is 14.8. The van der Waals surface area contributed by atoms with E-state index in [0.717, 1.165) is 23.6 Å². The molecule has 0 N–H and O–H groups in total. The Morgan fingerprint density at radius 1 is 1.24 bits per heavy atom. The summed E-state index contributed by atoms with van der Waals surface area (Å²) in [6.07, 6.45) is 8.06. The van der Waals surface area contributed by atoms with E-state index in [0.29, 0.717) is 12.0 Å². The highest BCUT2D eigenvalue weighted by Crippen LogP contribution is 2.27. The molecule has 0 spiro atoms. The molecule has 5 heteroatoms. The summed E-state index contributed by atoms with van der Waals surface area (Å²) in [5.74, 6) is 0.509. The molecule has 2 aromatic rings. The third kappa shape index (κ3) is 2.97. The SMILES string of the molecule is CC(C)N1CCCC(c2cnc(-c3ccnn3C)cn2)C1. The van der Waals surface area contributed by atoms with Crippen LogP contribution in [0.4, 0.5) is 0 Å². The van der Waals surface area contributed by atoms with Crippen molar-refractivity contribution < 1.29 is 0 Å². The fourth-order valence-electron chi connectivity index (χ4n) is 3.02. The smallest absolute Gasteiger partial charge is 0.107 e. The van der Waals surface area contributed by atoms with Crippen LogP contribution in [-0.4, -0.2) is 43.8 Å². The molecule has 0 radical (unpaired) electrons. The van der Waals surface area contributed by atoms with Crippen LogP contribution >= 0.6 is 0 Å². The molecule has 1 saturated heterocycles. The maximum absolute atomic E-state index is 4.66. The van der Waals surface area contributed by atoms with Crippen molar-refractivity contribution in [2.75, 3.05) is 13.1 Å². The highest BCUT2D eigenvalue weighted by Gasteiger charge is 2.24. The molecule has 0 aromatic carbocycles. The first kappa shape index (κ1) is 14.2. The number of hydrogen-bond donors (Lipinski definition) is 0. The third-order valence-electron chi connectivity index (χ3n) is 4.36. The molecular formula is C16H23N5. The van der Waals surface area contributed by atoms with Crippen LogP contribution < -0.4 is 0 Å². The van der Waals surface area contributed by atoms with Gasteiger partial charge in [-0.3, -0.25) is 14.6 Å². The first-order valence-corrected chi connectivity index (χ1v) is 7.69. The van der Waals surface area contributed by atoms with Gasteiger partial charge < -0.3 is 4.90 Å². The van der Waals surface area contributed by atoms with E-state index >= 15 is 0 Å². The molecule has 5 nitrogen and oxygen atoms in total. The molecule has 1 fully saturated rings. The number of nitrogens with zero attached hydrogens (tertiary/aromatic N) is 5. The molecule has 2 aromatic heterocycles. The molecule has 0 aliphatic carbocycles. The van der Waals surface area contributed by atoms with Crippen molar-refractivity contribution in [3.8, 4) is 11.4 Å². The lowest BCUT2D eigenvalue weighted by atomic mass is 9.94. The molecule has 1 aliphatic heterocycles. The summed E-state index contributed by atoms with van der Waals surface area (Å²) in [6.45, 7) is 6.82. The lowest BCUT2D eigenvalue weighted by molar-refractivity contribution is 0.166. The minimum absolute atomic E-state index is 0.509. The molecule has 3 heterocycles. The van der Waals surface area contributed by atoms with Gasteiger partial charge in [0.05, 0.1) is 17.6 Å². The summed E-state index contributed by atoms with van der Waals surface area (Å²) in [6, 6.07) is 2.57. The van der Waals surface area contributed by atoms with Gasteiger partial charge in [0.1, 0.15) is 5.69 Å². The van der Waals surface area contributed by atoms with Crippen LogP contribution in [0.15, 0.2) is 24.7 Å². The molecule has 0 saturated carbocycles. The fourth-order valence-corrected chi connectivity index (χ4v) is 3.02. The van der Waals surface area contributed by atoms with Gasteiger partial charge >= 0.3 is 0 Å². The van der Waals surface area contributed by atoms with Gasteiger partial charge in [-0.2, -0.15) is 5.10 Å². The molecule has 1 unspecified atom stereocenters. The second kappa shape index (κ2) is 5.93. The van der Waals surface area contributed by atoms with E-state index in [4.69, 9.17) is 0 Å². The summed E-state index contributed by atoms with van der Waals surface area (Å²) < 4.78 is 1.82. The van der Waals surface area contributed by atoms with Gasteiger partial charge in [0.15, 0.2) is 0 Å². The van der Waals surface area contributed by atoms with Gasteiger partial charge in [-0.25, -0.2) is 0 Å². The largest absolute Gasteiger partial charge is 0.300 e. The van der Waals surface area contributed by atoms with Gasteiger partial charge in [-0.15, -0.1) is 0 Å². The molecule has 1 aliphatic rings. The maximum atomic E-state index is 4.66. The number of aromatic nitrogens is 4. The predicted octanol–water partition coefficient (Wildman–Crippen LogP) is 2.46. The average Bonchev–Trinajstić information content (AvgIpc) is 2.94. The number of piperidine rings is 1. The predicted molar refractivity (Wildman–Crippen MR) is 82.9 cm³/mol. The van der Waals surface area contributed by atoms with E-state index in [1.165, 1.54) is 19.4 Å². The molecule has 0 amide bonds. The Morgan fingerprint density at radius 3 is 2.71 bits per heavy atom. The highest BCUT2D eigenvalue weighted by atomic mass is 15.3. The van der Waals surface area contributed by atoms with E-state index in [2.05, 4.69) is 33.8 Å². The van der Waals surface area contributed by atoms with Crippen molar-refractivity contribution in [2.45, 2.75) is 38.6 Å². The quantitative estimate of drug-likeness (QED) is 0.869. The van der Waals surface area contributed by atoms with E-state index in [1.54, 1.807) is 6.20 Å². The topological polar surface area (TPSA) is 46.8 Å². The minimum atomic E-state index is 0.509. The van der Waals surface area contributed by atoms with Crippen LogP contribution in [0.25, 0.3) is 11.4 Å². The fraction of sp³-hybridized carbons (Fsp3) is 0.562. The van der Waals surface area contributed by atoms with Crippen molar-refractivity contribution in [1.82, 2.24) is 24.6 Å². The van der Waals surface area contributed by atoms with Crippen molar-refractivity contribution in [1.29, 1.82) is 0 Å². The summed E-state index contributed by atoms with van der Waals surface area (Å²) in [4.78, 5) is 11.8. The van der Waals surface area contributed by atoms with Gasteiger partial charge in [-0.1, -0.05) is 0 Å². The van der Waals surface area contributed by atoms with Crippen molar-refractivity contribution in [3.63, 3.8) is 0 Å². The van der Waals surface area contributed by atoms with E-state index < -0.39 is 0 Å². The Hall–Kier alpha value is -1.75. The van der Waals surface area contributed by atoms with Crippen molar-refractivity contribution in [3.05, 3.63) is 30.4 Å². The zero-order valence-corrected chi connectivity index (χ0v) is 13.0. The first-order chi connectivity index (χ1) is 10.1. The first-order valence-electron chi connectivity index (χ1n) is 7.69. The van der Waals surface area contributed by atoms with Crippen LogP contribution in [0.5, 0.6) is 0 Å². The van der Waals surface area contributed by atoms with E-state index in [9.17, 15) is 0 Å². The maximum Gasteiger partial charge on any atom is 0.107 e. The highest BCUT2D eigenvalue weighted by molar-refractivity contribution is 5.52. The monoisotopic (exact) mass is 285 g/mol. The third-order valence-corrected chi connectivity index (χ3v) is 4.36. The molecule has 21 heavy (non-hydrogen) atoms. The summed E-state index contributed by atoms with van der Waals surface area (Å²) in [7, 11) is 1.92. The second-order valence-corrected chi connectivity index (χ2v) is 6.09. The Labute approximate surface area is 126 Å². The van der Waals surface area contributed by atoms with Gasteiger partial charge in [0, 0.05) is 37.9 Å². The number of hydrogen-bond acceptors (Lipinski definition) is 4. The van der Waals surface area contributed by atoms with Gasteiger partial charge in [0.2, 0.25) is 0 Å². The second-order valence-electron chi connectivity index (χ2n) is 6.09. The lowest BCUT2D eigenvalue weighted by Gasteiger charge is -2.35. The van der Waals surface area contributed by atoms with Crippen LogP contribution in [0.2, 0.25) is 0 Å². The zero-order valence-electron chi connectivity index (χ0n) is 13.0. The van der Waals surface area contributed by atoms with Crippen molar-refractivity contribution in [2.24, 2.45) is 7.05 Å². The summed E-state index contributed by atoms with van der Waals surface area (Å²) >= 11 is 0. The lowest BCUT2D eigenvalue weighted by Crippen LogP contribution is -2.39. The van der Waals surface area contributed by atoms with Crippen LogP contribution in [0.1, 0.15) is 38.3 Å². The molecule has 3 rings (SSSR count). The van der Waals surface area contributed by atoms with Crippen molar-refractivity contribution >= 4 is 0 Å². The van der Waals surface area contributed by atoms with Crippen LogP contribution in [-0.2, 0) is 7.05 Å². The van der Waals surface area contributed by atoms with E-state index in [-0.39, 0.29) is 0 Å². The molecule has 112 valence electrons.